The molecule has 0 saturated heterocycles. The minimum atomic E-state index is 1.57. The van der Waals surface area contributed by atoms with E-state index in [9.17, 15) is 0 Å². The van der Waals surface area contributed by atoms with Gasteiger partial charge in [-0.25, -0.2) is 0 Å². The Morgan fingerprint density at radius 3 is 2.67 bits per heavy atom. The Kier molecular flexibility index (Phi) is 7.44. The molecule has 0 bridgehead atoms. The van der Waals surface area contributed by atoms with Crippen molar-refractivity contribution in [3.8, 4) is 29.9 Å². The molecule has 6 nitrogen and oxygen atoms in total. The lowest BCUT2D eigenvalue weighted by atomic mass is 10.6. The van der Waals surface area contributed by atoms with Crippen molar-refractivity contribution in [1.82, 2.24) is 0 Å². The van der Waals surface area contributed by atoms with E-state index in [-0.39, 0.29) is 0 Å². The molecule has 0 radical (unpaired) electrons. The molecular formula is C5HN5OS. The predicted octanol–water partition coefficient (Wildman–Crippen LogP) is 1.07. The lowest BCUT2D eigenvalue weighted by Gasteiger charge is -1.71. The molecule has 0 saturated carbocycles. The van der Waals surface area contributed by atoms with E-state index < -0.39 is 0 Å². The Bertz CT molecular complexity index is 333. The van der Waals surface area contributed by atoms with Gasteiger partial charge in [-0.05, 0) is 5.22 Å². The van der Waals surface area contributed by atoms with E-state index in [0.717, 1.165) is 0 Å². The molecule has 0 aromatic heterocycles. The van der Waals surface area contributed by atoms with Crippen LogP contribution >= 0.6 is 12.9 Å². The maximum absolute atomic E-state index is 7.93. The van der Waals surface area contributed by atoms with Crippen LogP contribution in [0, 0.1) is 35.1 Å². The van der Waals surface area contributed by atoms with E-state index in [1.54, 1.807) is 6.07 Å². The van der Waals surface area contributed by atoms with Crippen molar-refractivity contribution in [2.75, 3.05) is 0 Å². The minimum Gasteiger partial charge on any atom is -0.305 e. The summed E-state index contributed by atoms with van der Waals surface area (Å²) in [6, 6.07) is 3.70. The maximum Gasteiger partial charge on any atom is 0.153 e. The first kappa shape index (κ1) is 9.96. The molecule has 0 aliphatic carbocycles. The Hall–Kier alpha value is -2.04. The Labute approximate surface area is 73.9 Å². The number of rotatable bonds is 2. The molecule has 0 aromatic carbocycles. The van der Waals surface area contributed by atoms with Crippen molar-refractivity contribution in [1.29, 1.82) is 5.26 Å². The smallest absolute Gasteiger partial charge is 0.153 e. The summed E-state index contributed by atoms with van der Waals surface area (Å²) >= 11 is 3.24. The van der Waals surface area contributed by atoms with E-state index in [0.29, 0.717) is 0 Å². The predicted molar refractivity (Wildman–Crippen MR) is 40.9 cm³/mol. The molecule has 0 aliphatic rings. The molecule has 0 aliphatic heterocycles. The summed E-state index contributed by atoms with van der Waals surface area (Å²) in [5.74, 6) is 6.43. The monoisotopic (exact) mass is 179 g/mol. The lowest BCUT2D eigenvalue weighted by molar-refractivity contribution is 0.368. The fourth-order valence-corrected chi connectivity index (χ4v) is 0.220. The Balaban J connectivity index is 3.80. The molecule has 12 heavy (non-hydrogen) atoms. The van der Waals surface area contributed by atoms with E-state index >= 15 is 0 Å². The molecule has 0 amide bonds. The van der Waals surface area contributed by atoms with Gasteiger partial charge in [-0.2, -0.15) is 5.26 Å². The summed E-state index contributed by atoms with van der Waals surface area (Å²) in [6.45, 7) is 0. The van der Waals surface area contributed by atoms with E-state index in [1.165, 1.54) is 0 Å². The van der Waals surface area contributed by atoms with Crippen molar-refractivity contribution in [3.63, 3.8) is 0 Å². The highest BCUT2D eigenvalue weighted by atomic mass is 32.1. The zero-order valence-electron chi connectivity index (χ0n) is 5.59. The van der Waals surface area contributed by atoms with Gasteiger partial charge in [0.05, 0.1) is 24.2 Å². The third-order valence-corrected chi connectivity index (χ3v) is 0.518. The van der Waals surface area contributed by atoms with Crippen LogP contribution in [0.25, 0.3) is 0 Å². The van der Waals surface area contributed by atoms with Crippen molar-refractivity contribution >= 4 is 12.9 Å². The van der Waals surface area contributed by atoms with Gasteiger partial charge in [0, 0.05) is 23.0 Å². The molecule has 0 heterocycles. The highest BCUT2D eigenvalue weighted by Crippen LogP contribution is 1.82. The summed E-state index contributed by atoms with van der Waals surface area (Å²) < 4.78 is 3.87. The van der Waals surface area contributed by atoms with Gasteiger partial charge in [0.15, 0.2) is 6.07 Å². The molecule has 0 rings (SSSR count). The second kappa shape index (κ2) is 8.96. The first-order chi connectivity index (χ1) is 5.91. The maximum atomic E-state index is 7.93. The van der Waals surface area contributed by atoms with Gasteiger partial charge < -0.3 is 4.28 Å². The summed E-state index contributed by atoms with van der Waals surface area (Å²) in [6.07, 6.45) is 0. The molecule has 0 fully saturated rings. The van der Waals surface area contributed by atoms with Crippen molar-refractivity contribution in [2.45, 2.75) is 0 Å². The number of hydrogen-bond donors (Lipinski definition) is 1. The fraction of sp³-hybridized carbons (Fsp3) is 0. The van der Waals surface area contributed by atoms with E-state index in [2.05, 4.69) is 55.9 Å². The molecule has 0 unspecified atom stereocenters. The molecule has 0 N–H and O–H groups in total. The van der Waals surface area contributed by atoms with E-state index in [1.807, 2.05) is 5.92 Å². The molecule has 0 aromatic rings. The van der Waals surface area contributed by atoms with Gasteiger partial charge in [-0.15, -0.1) is 0 Å². The van der Waals surface area contributed by atoms with Gasteiger partial charge in [0.1, 0.15) is 0 Å². The normalized spacial score (nSPS) is 8.00. The summed E-state index contributed by atoms with van der Waals surface area (Å²) in [5.41, 5.74) is 0. The highest BCUT2D eigenvalue weighted by molar-refractivity contribution is 7.75. The van der Waals surface area contributed by atoms with Crippen LogP contribution in [0.2, 0.25) is 0 Å². The van der Waals surface area contributed by atoms with E-state index in [4.69, 9.17) is 5.26 Å². The van der Waals surface area contributed by atoms with Gasteiger partial charge in [-0.1, -0.05) is 5.11 Å². The van der Waals surface area contributed by atoms with Crippen molar-refractivity contribution < 1.29 is 4.28 Å². The van der Waals surface area contributed by atoms with Crippen LogP contribution in [0.5, 0.6) is 0 Å². The number of hydrogen-bond acceptors (Lipinski definition) is 5. The van der Waals surface area contributed by atoms with Crippen molar-refractivity contribution in [3.05, 3.63) is 0 Å². The molecule has 58 valence electrons. The summed E-state index contributed by atoms with van der Waals surface area (Å²) in [5, 5.41) is 20.0. The third kappa shape index (κ3) is 7.96. The Morgan fingerprint density at radius 1 is 1.17 bits per heavy atom. The molecular weight excluding hydrogens is 178 g/mol. The van der Waals surface area contributed by atoms with Crippen LogP contribution < -0.4 is 0 Å². The zero-order valence-corrected chi connectivity index (χ0v) is 6.49. The number of thiol groups is 1. The second-order valence-electron chi connectivity index (χ2n) is 1.04. The largest absolute Gasteiger partial charge is 0.305 e. The average molecular weight is 179 g/mol. The van der Waals surface area contributed by atoms with Crippen LogP contribution in [-0.4, -0.2) is 0 Å². The van der Waals surface area contributed by atoms with Crippen LogP contribution in [0.3, 0.4) is 0 Å². The zero-order chi connectivity index (χ0) is 9.07. The highest BCUT2D eigenvalue weighted by Gasteiger charge is 1.63. The minimum absolute atomic E-state index is 1.57. The molecule has 0 spiro atoms. The van der Waals surface area contributed by atoms with Gasteiger partial charge in [0.25, 0.3) is 0 Å². The van der Waals surface area contributed by atoms with Crippen LogP contribution in [0.4, 0.5) is 0 Å². The van der Waals surface area contributed by atoms with Crippen LogP contribution in [0.1, 0.15) is 0 Å². The second-order valence-corrected chi connectivity index (χ2v) is 1.20. The number of nitriles is 1. The quantitative estimate of drug-likeness (QED) is 0.226. The SMILES string of the molecule is N#CC#CC#C/N=N/N=N/OS. The van der Waals surface area contributed by atoms with Gasteiger partial charge >= 0.3 is 0 Å². The van der Waals surface area contributed by atoms with Crippen LogP contribution in [0.15, 0.2) is 20.8 Å². The first-order valence-electron chi connectivity index (χ1n) is 2.41. The molecule has 0 atom stereocenters. The van der Waals surface area contributed by atoms with Crippen LogP contribution in [-0.2, 0) is 4.28 Å². The fourth-order valence-electron chi connectivity index (χ4n) is 0.187. The number of nitrogens with zero attached hydrogens (tertiary/aromatic N) is 5. The van der Waals surface area contributed by atoms with Gasteiger partial charge in [0.2, 0.25) is 0 Å². The van der Waals surface area contributed by atoms with Gasteiger partial charge in [-0.3, -0.25) is 0 Å². The first-order valence-corrected chi connectivity index (χ1v) is 2.78. The average Bonchev–Trinajstić information content (AvgIpc) is 2.10. The lowest BCUT2D eigenvalue weighted by Crippen LogP contribution is -1.53. The topological polar surface area (TPSA) is 82.5 Å². The van der Waals surface area contributed by atoms with Crippen molar-refractivity contribution in [2.24, 2.45) is 20.8 Å². The summed E-state index contributed by atoms with van der Waals surface area (Å²) in [4.78, 5) is 0. The summed E-state index contributed by atoms with van der Waals surface area (Å²) in [7, 11) is 0. The Morgan fingerprint density at radius 2 is 2.00 bits per heavy atom. The third-order valence-electron chi connectivity index (χ3n) is 0.445. The standard InChI is InChI=1S/C5HN5OS/c6-4-2-1-3-5-7-8-9-10-11-12/h12H/b8-7+,10-9+. The molecule has 7 heteroatoms.